The summed E-state index contributed by atoms with van der Waals surface area (Å²) in [5, 5.41) is 0. The van der Waals surface area contributed by atoms with Crippen molar-refractivity contribution < 1.29 is 9.53 Å². The Morgan fingerprint density at radius 1 is 0.893 bits per heavy atom. The highest BCUT2D eigenvalue weighted by Gasteiger charge is 2.32. The van der Waals surface area contributed by atoms with E-state index in [9.17, 15) is 4.79 Å². The van der Waals surface area contributed by atoms with E-state index in [0.717, 1.165) is 45.6 Å². The van der Waals surface area contributed by atoms with Crippen LogP contribution in [0.5, 0.6) is 5.75 Å². The van der Waals surface area contributed by atoms with Crippen LogP contribution in [-0.2, 0) is 6.42 Å². The quantitative estimate of drug-likeness (QED) is 0.523. The molecule has 28 heavy (non-hydrogen) atoms. The lowest BCUT2D eigenvalue weighted by Crippen LogP contribution is -2.22. The number of ketones is 1. The highest BCUT2D eigenvalue weighted by Crippen LogP contribution is 2.44. The van der Waals surface area contributed by atoms with Gasteiger partial charge in [-0.2, -0.15) is 0 Å². The van der Waals surface area contributed by atoms with Gasteiger partial charge in [0.05, 0.1) is 12.0 Å². The summed E-state index contributed by atoms with van der Waals surface area (Å²) in [5.41, 5.74) is 8.56. The van der Waals surface area contributed by atoms with Gasteiger partial charge >= 0.3 is 0 Å². The van der Waals surface area contributed by atoms with Crippen molar-refractivity contribution in [3.63, 3.8) is 0 Å². The number of carbonyl (C=O) groups excluding carboxylic acids is 1. The molecular weight excluding hydrogens is 344 g/mol. The number of hydrogen-bond donors (Lipinski definition) is 0. The van der Waals surface area contributed by atoms with Gasteiger partial charge in [0.15, 0.2) is 5.78 Å². The van der Waals surface area contributed by atoms with Crippen LogP contribution in [0.25, 0.3) is 11.1 Å². The molecule has 0 radical (unpaired) electrons. The van der Waals surface area contributed by atoms with Crippen LogP contribution in [0.1, 0.15) is 57.6 Å². The zero-order valence-electron chi connectivity index (χ0n) is 17.0. The van der Waals surface area contributed by atoms with Gasteiger partial charge in [-0.1, -0.05) is 67.1 Å². The van der Waals surface area contributed by atoms with Crippen molar-refractivity contribution in [2.45, 2.75) is 46.6 Å². The second kappa shape index (κ2) is 7.27. The Bertz CT molecular complexity index is 1030. The van der Waals surface area contributed by atoms with Gasteiger partial charge in [0.25, 0.3) is 0 Å². The molecule has 4 rings (SSSR count). The first-order valence-electron chi connectivity index (χ1n) is 9.98. The minimum atomic E-state index is -0.240. The summed E-state index contributed by atoms with van der Waals surface area (Å²) < 4.78 is 6.51. The summed E-state index contributed by atoms with van der Waals surface area (Å²) in [5.74, 6) is 0.902. The lowest BCUT2D eigenvalue weighted by molar-refractivity contribution is 0.0850. The van der Waals surface area contributed by atoms with E-state index in [2.05, 4.69) is 75.4 Å². The summed E-state index contributed by atoms with van der Waals surface area (Å²) in [4.78, 5) is 13.1. The van der Waals surface area contributed by atoms with E-state index >= 15 is 0 Å². The van der Waals surface area contributed by atoms with Crippen molar-refractivity contribution in [2.75, 3.05) is 0 Å². The predicted molar refractivity (Wildman–Crippen MR) is 114 cm³/mol. The summed E-state index contributed by atoms with van der Waals surface area (Å²) in [7, 11) is 0. The molecule has 142 valence electrons. The maximum Gasteiger partial charge on any atom is 0.170 e. The summed E-state index contributed by atoms with van der Waals surface area (Å²) in [6.07, 6.45) is 1.15. The van der Waals surface area contributed by atoms with E-state index in [0.29, 0.717) is 6.42 Å². The minimum absolute atomic E-state index is 0.163. The van der Waals surface area contributed by atoms with Gasteiger partial charge in [-0.25, -0.2) is 0 Å². The Morgan fingerprint density at radius 2 is 1.54 bits per heavy atom. The minimum Gasteiger partial charge on any atom is -0.484 e. The third-order valence-corrected chi connectivity index (χ3v) is 5.69. The SMILES string of the molecule is CCc1ccc(-c2c(C)cc(C)c3c2OC(c2ccc(C)cc2)CC3=O)cc1. The van der Waals surface area contributed by atoms with E-state index in [-0.39, 0.29) is 11.9 Å². The molecule has 1 aliphatic rings. The molecule has 0 aromatic heterocycles. The number of carbonyl (C=O) groups is 1. The van der Waals surface area contributed by atoms with E-state index in [4.69, 9.17) is 4.74 Å². The van der Waals surface area contributed by atoms with Gasteiger partial charge in [-0.3, -0.25) is 4.79 Å². The van der Waals surface area contributed by atoms with Crippen LogP contribution in [0.15, 0.2) is 54.6 Å². The molecule has 1 aliphatic heterocycles. The van der Waals surface area contributed by atoms with Crippen molar-refractivity contribution in [3.8, 4) is 16.9 Å². The van der Waals surface area contributed by atoms with Crippen molar-refractivity contribution in [1.82, 2.24) is 0 Å². The van der Waals surface area contributed by atoms with E-state index in [1.54, 1.807) is 0 Å². The molecule has 0 aliphatic carbocycles. The first kappa shape index (κ1) is 18.5. The molecule has 0 spiro atoms. The van der Waals surface area contributed by atoms with E-state index < -0.39 is 0 Å². The largest absolute Gasteiger partial charge is 0.484 e. The summed E-state index contributed by atoms with van der Waals surface area (Å²) >= 11 is 0. The monoisotopic (exact) mass is 370 g/mol. The maximum absolute atomic E-state index is 13.1. The Balaban J connectivity index is 1.85. The van der Waals surface area contributed by atoms with E-state index in [1.165, 1.54) is 11.1 Å². The topological polar surface area (TPSA) is 26.3 Å². The van der Waals surface area contributed by atoms with Crippen LogP contribution < -0.4 is 4.74 Å². The van der Waals surface area contributed by atoms with Crippen LogP contribution in [0.3, 0.4) is 0 Å². The van der Waals surface area contributed by atoms with Gasteiger partial charge in [-0.15, -0.1) is 0 Å². The molecule has 0 amide bonds. The molecule has 0 fully saturated rings. The third-order valence-electron chi connectivity index (χ3n) is 5.69. The van der Waals surface area contributed by atoms with Crippen molar-refractivity contribution in [1.29, 1.82) is 0 Å². The molecule has 0 bridgehead atoms. The number of hydrogen-bond acceptors (Lipinski definition) is 2. The normalized spacial score (nSPS) is 15.9. The van der Waals surface area contributed by atoms with Crippen molar-refractivity contribution in [3.05, 3.63) is 88.0 Å². The maximum atomic E-state index is 13.1. The molecule has 0 N–H and O–H groups in total. The molecule has 2 heteroatoms. The molecule has 3 aromatic carbocycles. The van der Waals surface area contributed by atoms with Gasteiger partial charge in [-0.05, 0) is 55.0 Å². The Hall–Kier alpha value is -2.87. The molecule has 0 saturated heterocycles. The fourth-order valence-electron chi connectivity index (χ4n) is 4.10. The molecule has 0 saturated carbocycles. The standard InChI is InChI=1S/C26H26O2/c1-5-19-8-12-21(13-9-19)24-17(3)14-18(4)25-22(27)15-23(28-26(24)25)20-10-6-16(2)7-11-20/h6-14,23H,5,15H2,1-4H3. The number of benzene rings is 3. The average molecular weight is 370 g/mol. The van der Waals surface area contributed by atoms with Gasteiger partial charge in [0.1, 0.15) is 11.9 Å². The van der Waals surface area contributed by atoms with Gasteiger partial charge in [0.2, 0.25) is 0 Å². The predicted octanol–water partition coefficient (Wildman–Crippen LogP) is 6.55. The smallest absolute Gasteiger partial charge is 0.170 e. The molecule has 1 atom stereocenters. The van der Waals surface area contributed by atoms with Crippen LogP contribution in [0.4, 0.5) is 0 Å². The second-order valence-electron chi connectivity index (χ2n) is 7.78. The highest BCUT2D eigenvalue weighted by molar-refractivity contribution is 6.04. The fraction of sp³-hybridized carbons (Fsp3) is 0.269. The Labute approximate surface area is 167 Å². The number of aryl methyl sites for hydroxylation is 4. The van der Waals surface area contributed by atoms with Crippen LogP contribution >= 0.6 is 0 Å². The average Bonchev–Trinajstić information content (AvgIpc) is 2.68. The highest BCUT2D eigenvalue weighted by atomic mass is 16.5. The zero-order chi connectivity index (χ0) is 19.8. The number of rotatable bonds is 3. The lowest BCUT2D eigenvalue weighted by atomic mass is 9.87. The number of ether oxygens (including phenoxy) is 1. The number of Topliss-reactive ketones (excluding diaryl/α,β-unsaturated/α-hetero) is 1. The van der Waals surface area contributed by atoms with Gasteiger partial charge < -0.3 is 4.74 Å². The molecular formula is C26H26O2. The van der Waals surface area contributed by atoms with Crippen molar-refractivity contribution in [2.24, 2.45) is 0 Å². The fourth-order valence-corrected chi connectivity index (χ4v) is 4.10. The Kier molecular flexibility index (Phi) is 4.80. The first-order valence-corrected chi connectivity index (χ1v) is 9.98. The molecule has 1 heterocycles. The van der Waals surface area contributed by atoms with Crippen LogP contribution in [0.2, 0.25) is 0 Å². The third kappa shape index (κ3) is 3.24. The Morgan fingerprint density at radius 3 is 2.18 bits per heavy atom. The zero-order valence-corrected chi connectivity index (χ0v) is 17.0. The summed E-state index contributed by atoms with van der Waals surface area (Å²) in [6.45, 7) is 8.32. The van der Waals surface area contributed by atoms with Crippen LogP contribution in [-0.4, -0.2) is 5.78 Å². The molecule has 3 aromatic rings. The van der Waals surface area contributed by atoms with Crippen LogP contribution in [0, 0.1) is 20.8 Å². The first-order chi connectivity index (χ1) is 13.5. The molecule has 2 nitrogen and oxygen atoms in total. The van der Waals surface area contributed by atoms with Crippen molar-refractivity contribution >= 4 is 5.78 Å². The summed E-state index contributed by atoms with van der Waals surface area (Å²) in [6, 6.07) is 19.0. The second-order valence-corrected chi connectivity index (χ2v) is 7.78. The molecule has 1 unspecified atom stereocenters. The lowest BCUT2D eigenvalue weighted by Gasteiger charge is -2.29. The van der Waals surface area contributed by atoms with E-state index in [1.807, 2.05) is 6.92 Å². The van der Waals surface area contributed by atoms with Gasteiger partial charge in [0, 0.05) is 5.56 Å². The number of fused-ring (bicyclic) bond motifs is 1.